The summed E-state index contributed by atoms with van der Waals surface area (Å²) >= 11 is 0. The Kier molecular flexibility index (Phi) is 9.27. The fraction of sp³-hybridized carbons (Fsp3) is 0. The fourth-order valence-corrected chi connectivity index (χ4v) is 22.2. The van der Waals surface area contributed by atoms with Gasteiger partial charge in [0.25, 0.3) is 0 Å². The van der Waals surface area contributed by atoms with Crippen LogP contribution >= 0.6 is 0 Å². The lowest BCUT2D eigenvalue weighted by atomic mass is 10.00. The van der Waals surface area contributed by atoms with Crippen LogP contribution in [0.4, 0.5) is 17.1 Å². The van der Waals surface area contributed by atoms with Gasteiger partial charge >= 0.3 is 0 Å². The van der Waals surface area contributed by atoms with Crippen LogP contribution in [0, 0.1) is 0 Å². The molecule has 0 aliphatic carbocycles. The number of hydrogen-bond donors (Lipinski definition) is 0. The van der Waals surface area contributed by atoms with Crippen molar-refractivity contribution in [2.24, 2.45) is 0 Å². The van der Waals surface area contributed by atoms with Crippen LogP contribution in [0.15, 0.2) is 273 Å². The fourth-order valence-electron chi connectivity index (χ4n) is 11.8. The molecule has 314 valence electrons. The summed E-state index contributed by atoms with van der Waals surface area (Å²) < 4.78 is 0. The van der Waals surface area contributed by atoms with E-state index in [2.05, 4.69) is 278 Å². The summed E-state index contributed by atoms with van der Waals surface area (Å²) in [7, 11) is -5.34. The first-order chi connectivity index (χ1) is 33.2. The molecule has 1 nitrogen and oxygen atoms in total. The van der Waals surface area contributed by atoms with Gasteiger partial charge in [-0.25, -0.2) is 0 Å². The first-order valence-corrected chi connectivity index (χ1v) is 27.3. The normalized spacial score (nSPS) is 13.6. The number of anilines is 3. The predicted molar refractivity (Wildman–Crippen MR) is 289 cm³/mol. The van der Waals surface area contributed by atoms with Gasteiger partial charge < -0.3 is 4.90 Å². The van der Waals surface area contributed by atoms with Crippen LogP contribution in [0.1, 0.15) is 0 Å². The van der Waals surface area contributed by atoms with Crippen LogP contribution in [0.3, 0.4) is 0 Å². The lowest BCUT2D eigenvalue weighted by molar-refractivity contribution is 1.29. The van der Waals surface area contributed by atoms with E-state index in [1.807, 2.05) is 0 Å². The molecule has 0 atom stereocenters. The second-order valence-corrected chi connectivity index (χ2v) is 25.4. The molecule has 3 heteroatoms. The van der Waals surface area contributed by atoms with E-state index in [-0.39, 0.29) is 0 Å². The molecule has 2 heterocycles. The molecule has 2 aliphatic heterocycles. The van der Waals surface area contributed by atoms with Crippen molar-refractivity contribution in [3.63, 3.8) is 0 Å². The molecule has 11 aromatic rings. The standard InChI is InChI=1S/C64H45NSi2/c1-4-22-53(23-5-1)66(54-24-6-2-7-25-54)61-32-15-14-31-59(61)60-42-38-49(44-64(60)66)47-35-39-50(40-36-47)65(52-41-37-46-19-10-11-20-48(46)43-52)51-21-18-28-56(45-51)67(55-26-8-3-9-27-55)62-33-16-12-29-57(62)58-30-13-17-34-63(58)67/h1-45H. The second-order valence-electron chi connectivity index (χ2n) is 18.0. The summed E-state index contributed by atoms with van der Waals surface area (Å²) in [6, 6.07) is 103. The zero-order valence-corrected chi connectivity index (χ0v) is 38.9. The largest absolute Gasteiger partial charge is 0.310 e. The third-order valence-corrected chi connectivity index (χ3v) is 24.3. The number of rotatable bonds is 8. The predicted octanol–water partition coefficient (Wildman–Crippen LogP) is 10.7. The minimum Gasteiger partial charge on any atom is -0.310 e. The molecule has 0 fully saturated rings. The van der Waals surface area contributed by atoms with E-state index in [0.29, 0.717) is 0 Å². The molecule has 67 heavy (non-hydrogen) atoms. The molecule has 0 N–H and O–H groups in total. The van der Waals surface area contributed by atoms with Crippen LogP contribution in [0.25, 0.3) is 44.2 Å². The van der Waals surface area contributed by atoms with Crippen molar-refractivity contribution in [1.82, 2.24) is 0 Å². The summed E-state index contributed by atoms with van der Waals surface area (Å²) in [6.45, 7) is 0. The topological polar surface area (TPSA) is 3.24 Å². The molecular formula is C64H45NSi2. The molecule has 0 bridgehead atoms. The third-order valence-electron chi connectivity index (χ3n) is 14.6. The molecule has 0 spiro atoms. The van der Waals surface area contributed by atoms with E-state index in [1.165, 1.54) is 85.6 Å². The van der Waals surface area contributed by atoms with Gasteiger partial charge in [0, 0.05) is 17.1 Å². The highest BCUT2D eigenvalue weighted by molar-refractivity contribution is 7.23. The number of hydrogen-bond acceptors (Lipinski definition) is 1. The van der Waals surface area contributed by atoms with E-state index in [9.17, 15) is 0 Å². The Labute approximate surface area is 394 Å². The van der Waals surface area contributed by atoms with E-state index in [0.717, 1.165) is 17.1 Å². The van der Waals surface area contributed by atoms with Gasteiger partial charge in [-0.3, -0.25) is 0 Å². The van der Waals surface area contributed by atoms with Crippen LogP contribution in [-0.4, -0.2) is 16.1 Å². The molecule has 13 rings (SSSR count). The lowest BCUT2D eigenvalue weighted by Crippen LogP contribution is -2.72. The van der Waals surface area contributed by atoms with Gasteiger partial charge in [-0.1, -0.05) is 237 Å². The molecule has 0 unspecified atom stereocenters. The summed E-state index contributed by atoms with van der Waals surface area (Å²) in [5.74, 6) is 0. The highest BCUT2D eigenvalue weighted by Gasteiger charge is 2.50. The lowest BCUT2D eigenvalue weighted by Gasteiger charge is -2.33. The average Bonchev–Trinajstić information content (AvgIpc) is 3.88. The second kappa shape index (κ2) is 15.8. The van der Waals surface area contributed by atoms with Gasteiger partial charge in [-0.05, 0) is 122 Å². The third kappa shape index (κ3) is 5.99. The Morgan fingerprint density at radius 3 is 1.21 bits per heavy atom. The van der Waals surface area contributed by atoms with Gasteiger partial charge in [0.2, 0.25) is 0 Å². The van der Waals surface area contributed by atoms with Crippen molar-refractivity contribution in [1.29, 1.82) is 0 Å². The molecule has 11 aromatic carbocycles. The molecule has 2 aliphatic rings. The quantitative estimate of drug-likeness (QED) is 0.137. The van der Waals surface area contributed by atoms with E-state index in [4.69, 9.17) is 0 Å². The van der Waals surface area contributed by atoms with Gasteiger partial charge in [-0.15, -0.1) is 0 Å². The first-order valence-electron chi connectivity index (χ1n) is 23.3. The van der Waals surface area contributed by atoms with Crippen LogP contribution < -0.4 is 46.4 Å². The van der Waals surface area contributed by atoms with Crippen LogP contribution in [0.5, 0.6) is 0 Å². The zero-order chi connectivity index (χ0) is 44.4. The summed E-state index contributed by atoms with van der Waals surface area (Å²) in [4.78, 5) is 2.46. The van der Waals surface area contributed by atoms with Crippen molar-refractivity contribution in [3.8, 4) is 33.4 Å². The van der Waals surface area contributed by atoms with Crippen LogP contribution in [0.2, 0.25) is 0 Å². The van der Waals surface area contributed by atoms with Gasteiger partial charge in [0.1, 0.15) is 0 Å². The molecule has 0 aromatic heterocycles. The number of fused-ring (bicyclic) bond motifs is 7. The highest BCUT2D eigenvalue weighted by Crippen LogP contribution is 2.39. The van der Waals surface area contributed by atoms with Crippen molar-refractivity contribution in [2.45, 2.75) is 0 Å². The molecule has 0 radical (unpaired) electrons. The Hall–Kier alpha value is -8.09. The van der Waals surface area contributed by atoms with Crippen LogP contribution in [-0.2, 0) is 0 Å². The summed E-state index contributed by atoms with van der Waals surface area (Å²) in [6.07, 6.45) is 0. The van der Waals surface area contributed by atoms with Gasteiger partial charge in [0.15, 0.2) is 16.1 Å². The monoisotopic (exact) mass is 883 g/mol. The first kappa shape index (κ1) is 39.3. The van der Waals surface area contributed by atoms with Crippen molar-refractivity contribution >= 4 is 85.5 Å². The molecule has 0 amide bonds. The minimum atomic E-state index is -2.72. The zero-order valence-electron chi connectivity index (χ0n) is 36.9. The maximum Gasteiger partial charge on any atom is 0.180 e. The van der Waals surface area contributed by atoms with E-state index < -0.39 is 16.1 Å². The Morgan fingerprint density at radius 1 is 0.224 bits per heavy atom. The summed E-state index contributed by atoms with van der Waals surface area (Å²) in [5, 5.41) is 13.9. The SMILES string of the molecule is c1ccc([Si]2(c3cccc(N(c4ccc(-c5ccc6c(c5)[Si](c5ccccc5)(c5ccccc5)c5ccccc5-6)cc4)c4ccc5ccccc5c4)c3)c3ccccc3-c3ccccc32)cc1. The van der Waals surface area contributed by atoms with E-state index >= 15 is 0 Å². The Morgan fingerprint density at radius 2 is 0.642 bits per heavy atom. The Balaban J connectivity index is 0.974. The number of benzene rings is 11. The smallest absolute Gasteiger partial charge is 0.180 e. The minimum absolute atomic E-state index is 1.12. The maximum atomic E-state index is 2.52. The van der Waals surface area contributed by atoms with Crippen molar-refractivity contribution < 1.29 is 0 Å². The highest BCUT2D eigenvalue weighted by atomic mass is 28.3. The maximum absolute atomic E-state index is 2.72. The average molecular weight is 884 g/mol. The molecule has 0 saturated carbocycles. The summed E-state index contributed by atoms with van der Waals surface area (Å²) in [5.41, 5.74) is 11.2. The van der Waals surface area contributed by atoms with Gasteiger partial charge in [0.05, 0.1) is 0 Å². The number of nitrogens with zero attached hydrogens (tertiary/aromatic N) is 1. The van der Waals surface area contributed by atoms with Crippen molar-refractivity contribution in [3.05, 3.63) is 273 Å². The van der Waals surface area contributed by atoms with Crippen molar-refractivity contribution in [2.75, 3.05) is 4.90 Å². The Bertz CT molecular complexity index is 3560. The van der Waals surface area contributed by atoms with E-state index in [1.54, 1.807) is 0 Å². The van der Waals surface area contributed by atoms with Gasteiger partial charge in [-0.2, -0.15) is 0 Å². The molecule has 0 saturated heterocycles. The molecular weight excluding hydrogens is 839 g/mol.